The van der Waals surface area contributed by atoms with Crippen LogP contribution in [-0.4, -0.2) is 23.2 Å². The number of aliphatic hydroxyl groups excluding tert-OH is 1. The van der Waals surface area contributed by atoms with Crippen LogP contribution in [0.3, 0.4) is 0 Å². The van der Waals surface area contributed by atoms with Crippen molar-refractivity contribution >= 4 is 5.91 Å². The molecule has 2 N–H and O–H groups in total. The molecule has 0 heterocycles. The third-order valence-corrected chi connectivity index (χ3v) is 3.81. The minimum atomic E-state index is -0.510. The Kier molecular flexibility index (Phi) is 4.98. The van der Waals surface area contributed by atoms with E-state index in [0.717, 1.165) is 25.7 Å². The molecule has 0 bridgehead atoms. The Labute approximate surface area is 124 Å². The smallest absolute Gasteiger partial charge is 0.251 e. The molecule has 0 unspecified atom stereocenters. The number of halogens is 1. The standard InChI is InChI=1S/C17H20FNO2/c1-17(9-3-4-10-17)19-16(21)14-8-7-13(15(18)12-14)6-2-5-11-20/h7-8,12,20H,3-5,9-11H2,1H3,(H,19,21). The average Bonchev–Trinajstić information content (AvgIpc) is 2.87. The van der Waals surface area contributed by atoms with Crippen molar-refractivity contribution in [3.63, 3.8) is 0 Å². The number of nitrogens with one attached hydrogen (secondary N) is 1. The third kappa shape index (κ3) is 4.05. The largest absolute Gasteiger partial charge is 0.395 e. The number of hydrogen-bond donors (Lipinski definition) is 2. The molecule has 0 aliphatic heterocycles. The maximum absolute atomic E-state index is 13.9. The van der Waals surface area contributed by atoms with E-state index in [2.05, 4.69) is 17.2 Å². The van der Waals surface area contributed by atoms with E-state index in [4.69, 9.17) is 5.11 Å². The van der Waals surface area contributed by atoms with Gasteiger partial charge in [-0.25, -0.2) is 4.39 Å². The lowest BCUT2D eigenvalue weighted by Crippen LogP contribution is -2.43. The Morgan fingerprint density at radius 3 is 2.76 bits per heavy atom. The van der Waals surface area contributed by atoms with Gasteiger partial charge < -0.3 is 10.4 Å². The molecular formula is C17H20FNO2. The van der Waals surface area contributed by atoms with Crippen molar-refractivity contribution in [3.8, 4) is 11.8 Å². The van der Waals surface area contributed by atoms with Crippen molar-refractivity contribution in [2.24, 2.45) is 0 Å². The van der Waals surface area contributed by atoms with E-state index in [0.29, 0.717) is 12.0 Å². The molecule has 1 saturated carbocycles. The molecule has 1 fully saturated rings. The summed E-state index contributed by atoms with van der Waals surface area (Å²) >= 11 is 0. The van der Waals surface area contributed by atoms with Gasteiger partial charge in [-0.2, -0.15) is 0 Å². The summed E-state index contributed by atoms with van der Waals surface area (Å²) < 4.78 is 13.9. The SMILES string of the molecule is CC1(NC(=O)c2ccc(C#CCCO)c(F)c2)CCCC1. The van der Waals surface area contributed by atoms with Crippen LogP contribution in [0.15, 0.2) is 18.2 Å². The van der Waals surface area contributed by atoms with Crippen molar-refractivity contribution in [2.75, 3.05) is 6.61 Å². The van der Waals surface area contributed by atoms with Gasteiger partial charge in [-0.05, 0) is 38.0 Å². The van der Waals surface area contributed by atoms with E-state index in [-0.39, 0.29) is 23.6 Å². The van der Waals surface area contributed by atoms with Crippen molar-refractivity contribution in [1.29, 1.82) is 0 Å². The normalized spacial score (nSPS) is 16.1. The molecule has 21 heavy (non-hydrogen) atoms. The first-order chi connectivity index (χ1) is 10.0. The molecule has 112 valence electrons. The lowest BCUT2D eigenvalue weighted by Gasteiger charge is -2.25. The second-order valence-corrected chi connectivity index (χ2v) is 5.69. The number of rotatable bonds is 3. The number of carbonyl (C=O) groups excluding carboxylic acids is 1. The van der Waals surface area contributed by atoms with Gasteiger partial charge in [-0.1, -0.05) is 24.7 Å². The Morgan fingerprint density at radius 1 is 1.43 bits per heavy atom. The van der Waals surface area contributed by atoms with Crippen molar-refractivity contribution in [3.05, 3.63) is 35.1 Å². The molecule has 1 aliphatic rings. The van der Waals surface area contributed by atoms with E-state index < -0.39 is 5.82 Å². The van der Waals surface area contributed by atoms with Crippen LogP contribution >= 0.6 is 0 Å². The van der Waals surface area contributed by atoms with E-state index in [1.165, 1.54) is 12.1 Å². The van der Waals surface area contributed by atoms with Gasteiger partial charge in [0.1, 0.15) is 5.82 Å². The predicted octanol–water partition coefficient (Wildman–Crippen LogP) is 2.62. The quantitative estimate of drug-likeness (QED) is 0.840. The van der Waals surface area contributed by atoms with E-state index >= 15 is 0 Å². The molecule has 0 atom stereocenters. The van der Waals surface area contributed by atoms with Crippen LogP contribution < -0.4 is 5.32 Å². The van der Waals surface area contributed by atoms with E-state index in [9.17, 15) is 9.18 Å². The third-order valence-electron chi connectivity index (χ3n) is 3.81. The summed E-state index contributed by atoms with van der Waals surface area (Å²) in [5.41, 5.74) is 0.382. The summed E-state index contributed by atoms with van der Waals surface area (Å²) in [6.45, 7) is 1.98. The summed E-state index contributed by atoms with van der Waals surface area (Å²) in [4.78, 5) is 12.2. The first-order valence-corrected chi connectivity index (χ1v) is 7.26. The van der Waals surface area contributed by atoms with Gasteiger partial charge in [0, 0.05) is 17.5 Å². The molecule has 3 nitrogen and oxygen atoms in total. The summed E-state index contributed by atoms with van der Waals surface area (Å²) in [6, 6.07) is 4.31. The Balaban J connectivity index is 2.09. The van der Waals surface area contributed by atoms with Crippen molar-refractivity contribution in [2.45, 2.75) is 44.6 Å². The molecule has 0 saturated heterocycles. The number of carbonyl (C=O) groups is 1. The zero-order chi connectivity index (χ0) is 15.3. The number of hydrogen-bond acceptors (Lipinski definition) is 2. The Hall–Kier alpha value is -1.86. The fourth-order valence-corrected chi connectivity index (χ4v) is 2.60. The van der Waals surface area contributed by atoms with Gasteiger partial charge in [-0.15, -0.1) is 0 Å². The van der Waals surface area contributed by atoms with Gasteiger partial charge in [0.25, 0.3) is 5.91 Å². The monoisotopic (exact) mass is 289 g/mol. The molecule has 0 radical (unpaired) electrons. The van der Waals surface area contributed by atoms with E-state index in [1.54, 1.807) is 6.07 Å². The highest BCUT2D eigenvalue weighted by atomic mass is 19.1. The molecule has 0 aromatic heterocycles. The Bertz CT molecular complexity index is 580. The fourth-order valence-electron chi connectivity index (χ4n) is 2.60. The topological polar surface area (TPSA) is 49.3 Å². The molecule has 1 aromatic carbocycles. The van der Waals surface area contributed by atoms with Crippen LogP contribution in [0.2, 0.25) is 0 Å². The molecule has 0 spiro atoms. The van der Waals surface area contributed by atoms with Gasteiger partial charge in [0.15, 0.2) is 0 Å². The lowest BCUT2D eigenvalue weighted by atomic mass is 10.00. The molecule has 2 rings (SSSR count). The highest BCUT2D eigenvalue weighted by Crippen LogP contribution is 2.29. The average molecular weight is 289 g/mol. The molecule has 1 amide bonds. The highest BCUT2D eigenvalue weighted by molar-refractivity contribution is 5.94. The summed E-state index contributed by atoms with van der Waals surface area (Å²) in [7, 11) is 0. The fraction of sp³-hybridized carbons (Fsp3) is 0.471. The van der Waals surface area contributed by atoms with Crippen LogP contribution in [0.25, 0.3) is 0 Å². The van der Waals surface area contributed by atoms with Crippen LogP contribution in [-0.2, 0) is 0 Å². The molecule has 1 aromatic rings. The van der Waals surface area contributed by atoms with Gasteiger partial charge in [-0.3, -0.25) is 4.79 Å². The zero-order valence-electron chi connectivity index (χ0n) is 12.2. The lowest BCUT2D eigenvalue weighted by molar-refractivity contribution is 0.0907. The second kappa shape index (κ2) is 6.73. The zero-order valence-corrected chi connectivity index (χ0v) is 12.2. The first kappa shape index (κ1) is 15.5. The van der Waals surface area contributed by atoms with E-state index in [1.807, 2.05) is 6.92 Å². The van der Waals surface area contributed by atoms with Gasteiger partial charge in [0.2, 0.25) is 0 Å². The van der Waals surface area contributed by atoms with Crippen molar-refractivity contribution in [1.82, 2.24) is 5.32 Å². The molecule has 1 aliphatic carbocycles. The maximum Gasteiger partial charge on any atom is 0.251 e. The number of aliphatic hydroxyl groups is 1. The Morgan fingerprint density at radius 2 is 2.14 bits per heavy atom. The molecule has 4 heteroatoms. The first-order valence-electron chi connectivity index (χ1n) is 7.26. The molecular weight excluding hydrogens is 269 g/mol. The van der Waals surface area contributed by atoms with Crippen molar-refractivity contribution < 1.29 is 14.3 Å². The maximum atomic E-state index is 13.9. The van der Waals surface area contributed by atoms with Crippen LogP contribution in [0.1, 0.15) is 54.9 Å². The highest BCUT2D eigenvalue weighted by Gasteiger charge is 2.30. The second-order valence-electron chi connectivity index (χ2n) is 5.69. The number of amides is 1. The predicted molar refractivity (Wildman–Crippen MR) is 79.3 cm³/mol. The minimum Gasteiger partial charge on any atom is -0.395 e. The summed E-state index contributed by atoms with van der Waals surface area (Å²) in [5.74, 6) is 4.56. The van der Waals surface area contributed by atoms with Gasteiger partial charge in [0.05, 0.1) is 12.2 Å². The van der Waals surface area contributed by atoms with Gasteiger partial charge >= 0.3 is 0 Å². The van der Waals surface area contributed by atoms with Crippen LogP contribution in [0.5, 0.6) is 0 Å². The minimum absolute atomic E-state index is 0.0479. The van der Waals surface area contributed by atoms with Crippen LogP contribution in [0, 0.1) is 17.7 Å². The summed E-state index contributed by atoms with van der Waals surface area (Å²) in [5, 5.41) is 11.6. The number of benzene rings is 1. The van der Waals surface area contributed by atoms with Crippen LogP contribution in [0.4, 0.5) is 4.39 Å². The summed E-state index contributed by atoms with van der Waals surface area (Å²) in [6.07, 6.45) is 4.47.